The van der Waals surface area contributed by atoms with E-state index in [1.165, 1.54) is 4.88 Å². The molecule has 0 fully saturated rings. The van der Waals surface area contributed by atoms with Crippen molar-refractivity contribution < 1.29 is 0 Å². The van der Waals surface area contributed by atoms with Crippen LogP contribution in [0.25, 0.3) is 0 Å². The zero-order chi connectivity index (χ0) is 14.0. The molecule has 1 N–H and O–H groups in total. The van der Waals surface area contributed by atoms with E-state index in [-0.39, 0.29) is 11.6 Å². The van der Waals surface area contributed by atoms with Gasteiger partial charge in [0, 0.05) is 23.7 Å². The van der Waals surface area contributed by atoms with Gasteiger partial charge in [0.15, 0.2) is 0 Å². The Balaban J connectivity index is 2.21. The lowest BCUT2D eigenvalue weighted by atomic mass is 10.2. The van der Waals surface area contributed by atoms with E-state index in [4.69, 9.17) is 0 Å². The van der Waals surface area contributed by atoms with Gasteiger partial charge in [0.25, 0.3) is 5.56 Å². The van der Waals surface area contributed by atoms with Crippen LogP contribution >= 0.6 is 11.3 Å². The van der Waals surface area contributed by atoms with Gasteiger partial charge >= 0.3 is 0 Å². The van der Waals surface area contributed by atoms with Crippen LogP contribution in [0.1, 0.15) is 35.5 Å². The van der Waals surface area contributed by atoms with E-state index >= 15 is 0 Å². The molecule has 1 unspecified atom stereocenters. The molecule has 0 bridgehead atoms. The normalized spacial score (nSPS) is 12.4. The van der Waals surface area contributed by atoms with Crippen molar-refractivity contribution >= 4 is 17.0 Å². The topological polar surface area (TPSA) is 46.9 Å². The SMILES string of the molecule is CCn1cc(NC(C)c2sc(C)nc2C)ccc1=O. The third-order valence-corrected chi connectivity index (χ3v) is 4.30. The molecular weight excluding hydrogens is 258 g/mol. The molecule has 0 aliphatic rings. The number of rotatable bonds is 4. The average Bonchev–Trinajstić information content (AvgIpc) is 2.71. The van der Waals surface area contributed by atoms with Crippen LogP contribution in [-0.2, 0) is 6.54 Å². The standard InChI is InChI=1S/C14H19N3OS/c1-5-17-8-12(6-7-13(17)18)16-10(3)14-9(2)15-11(4)19-14/h6-8,10,16H,5H2,1-4H3. The molecule has 0 radical (unpaired) electrons. The van der Waals surface area contributed by atoms with Gasteiger partial charge in [-0.2, -0.15) is 0 Å². The summed E-state index contributed by atoms with van der Waals surface area (Å²) in [5.74, 6) is 0. The molecule has 2 aromatic heterocycles. The monoisotopic (exact) mass is 277 g/mol. The van der Waals surface area contributed by atoms with E-state index < -0.39 is 0 Å². The Morgan fingerprint density at radius 1 is 1.42 bits per heavy atom. The first kappa shape index (κ1) is 13.8. The van der Waals surface area contributed by atoms with Crippen molar-refractivity contribution in [1.82, 2.24) is 9.55 Å². The van der Waals surface area contributed by atoms with Gasteiger partial charge < -0.3 is 9.88 Å². The summed E-state index contributed by atoms with van der Waals surface area (Å²) in [6.07, 6.45) is 1.86. The van der Waals surface area contributed by atoms with E-state index in [0.717, 1.165) is 16.4 Å². The summed E-state index contributed by atoms with van der Waals surface area (Å²) < 4.78 is 1.69. The van der Waals surface area contributed by atoms with Crippen molar-refractivity contribution in [3.63, 3.8) is 0 Å². The largest absolute Gasteiger partial charge is 0.376 e. The van der Waals surface area contributed by atoms with Crippen molar-refractivity contribution in [3.05, 3.63) is 44.3 Å². The van der Waals surface area contributed by atoms with Crippen LogP contribution in [-0.4, -0.2) is 9.55 Å². The number of nitrogens with zero attached hydrogens (tertiary/aromatic N) is 2. The van der Waals surface area contributed by atoms with Crippen LogP contribution in [0.5, 0.6) is 0 Å². The number of anilines is 1. The molecule has 2 rings (SSSR count). The molecule has 0 aliphatic heterocycles. The Morgan fingerprint density at radius 3 is 2.74 bits per heavy atom. The number of pyridine rings is 1. The minimum absolute atomic E-state index is 0.0329. The molecule has 0 spiro atoms. The fourth-order valence-electron chi connectivity index (χ4n) is 2.13. The highest BCUT2D eigenvalue weighted by molar-refractivity contribution is 7.11. The quantitative estimate of drug-likeness (QED) is 0.934. The number of hydrogen-bond donors (Lipinski definition) is 1. The molecule has 0 aromatic carbocycles. The van der Waals surface area contributed by atoms with Crippen LogP contribution < -0.4 is 10.9 Å². The van der Waals surface area contributed by atoms with E-state index in [2.05, 4.69) is 17.2 Å². The highest BCUT2D eigenvalue weighted by Gasteiger charge is 2.13. The first-order chi connectivity index (χ1) is 9.01. The fourth-order valence-corrected chi connectivity index (χ4v) is 3.06. The third-order valence-electron chi connectivity index (χ3n) is 3.04. The molecule has 0 amide bonds. The van der Waals surface area contributed by atoms with Gasteiger partial charge in [0.05, 0.1) is 22.4 Å². The van der Waals surface area contributed by atoms with Crippen LogP contribution in [0.3, 0.4) is 0 Å². The van der Waals surface area contributed by atoms with Crippen LogP contribution in [0.15, 0.2) is 23.1 Å². The Morgan fingerprint density at radius 2 is 2.16 bits per heavy atom. The fraction of sp³-hybridized carbons (Fsp3) is 0.429. The lowest BCUT2D eigenvalue weighted by molar-refractivity contribution is 0.725. The number of thiazole rings is 1. The summed E-state index contributed by atoms with van der Waals surface area (Å²) in [4.78, 5) is 17.2. The second kappa shape index (κ2) is 5.57. The van der Waals surface area contributed by atoms with Gasteiger partial charge in [-0.3, -0.25) is 4.79 Å². The lowest BCUT2D eigenvalue weighted by Gasteiger charge is -2.15. The summed E-state index contributed by atoms with van der Waals surface area (Å²) in [7, 11) is 0. The number of aryl methyl sites for hydroxylation is 3. The molecule has 5 heteroatoms. The molecule has 0 aliphatic carbocycles. The summed E-state index contributed by atoms with van der Waals surface area (Å²) in [5, 5.41) is 4.51. The first-order valence-electron chi connectivity index (χ1n) is 6.42. The summed E-state index contributed by atoms with van der Waals surface area (Å²) in [6, 6.07) is 3.62. The second-order valence-corrected chi connectivity index (χ2v) is 5.83. The van der Waals surface area contributed by atoms with Crippen molar-refractivity contribution in [1.29, 1.82) is 0 Å². The van der Waals surface area contributed by atoms with Gasteiger partial charge in [0.1, 0.15) is 0 Å². The maximum absolute atomic E-state index is 11.5. The summed E-state index contributed by atoms with van der Waals surface area (Å²) in [5.41, 5.74) is 2.07. The van der Waals surface area contributed by atoms with Crippen molar-refractivity contribution in [2.75, 3.05) is 5.32 Å². The highest BCUT2D eigenvalue weighted by Crippen LogP contribution is 2.27. The Hall–Kier alpha value is -1.62. The lowest BCUT2D eigenvalue weighted by Crippen LogP contribution is -2.18. The number of aromatic nitrogens is 2. The Bertz CT molecular complexity index is 630. The summed E-state index contributed by atoms with van der Waals surface area (Å²) >= 11 is 1.71. The molecule has 0 saturated carbocycles. The van der Waals surface area contributed by atoms with Crippen LogP contribution in [0.4, 0.5) is 5.69 Å². The van der Waals surface area contributed by atoms with Gasteiger partial charge in [-0.25, -0.2) is 4.98 Å². The van der Waals surface area contributed by atoms with Gasteiger partial charge in [0.2, 0.25) is 0 Å². The zero-order valence-corrected chi connectivity index (χ0v) is 12.5. The van der Waals surface area contributed by atoms with Gasteiger partial charge in [-0.15, -0.1) is 11.3 Å². The second-order valence-electron chi connectivity index (χ2n) is 4.59. The molecular formula is C14H19N3OS. The maximum atomic E-state index is 11.5. The maximum Gasteiger partial charge on any atom is 0.250 e. The molecule has 2 heterocycles. The van der Waals surface area contributed by atoms with Crippen molar-refractivity contribution in [2.24, 2.45) is 0 Å². The minimum atomic E-state index is 0.0329. The first-order valence-corrected chi connectivity index (χ1v) is 7.24. The molecule has 102 valence electrons. The predicted molar refractivity (Wildman–Crippen MR) is 80.0 cm³/mol. The minimum Gasteiger partial charge on any atom is -0.376 e. The van der Waals surface area contributed by atoms with Crippen molar-refractivity contribution in [2.45, 2.75) is 40.3 Å². The smallest absolute Gasteiger partial charge is 0.250 e. The zero-order valence-electron chi connectivity index (χ0n) is 11.7. The number of hydrogen-bond acceptors (Lipinski definition) is 4. The van der Waals surface area contributed by atoms with Gasteiger partial charge in [-0.1, -0.05) is 0 Å². The molecule has 2 aromatic rings. The van der Waals surface area contributed by atoms with E-state index in [1.54, 1.807) is 22.0 Å². The highest BCUT2D eigenvalue weighted by atomic mass is 32.1. The third kappa shape index (κ3) is 3.04. The van der Waals surface area contributed by atoms with E-state index in [0.29, 0.717) is 6.54 Å². The molecule has 1 atom stereocenters. The van der Waals surface area contributed by atoms with Crippen LogP contribution in [0, 0.1) is 13.8 Å². The molecule has 19 heavy (non-hydrogen) atoms. The molecule has 4 nitrogen and oxygen atoms in total. The number of nitrogens with one attached hydrogen (secondary N) is 1. The van der Waals surface area contributed by atoms with Crippen molar-refractivity contribution in [3.8, 4) is 0 Å². The Kier molecular flexibility index (Phi) is 4.04. The summed E-state index contributed by atoms with van der Waals surface area (Å²) in [6.45, 7) is 8.81. The van der Waals surface area contributed by atoms with Crippen LogP contribution in [0.2, 0.25) is 0 Å². The van der Waals surface area contributed by atoms with E-state index in [1.807, 2.05) is 33.0 Å². The van der Waals surface area contributed by atoms with Gasteiger partial charge in [-0.05, 0) is 33.8 Å². The average molecular weight is 277 g/mol. The Labute approximate surface area is 117 Å². The predicted octanol–water partition coefficient (Wildman–Crippen LogP) is 3.11. The van der Waals surface area contributed by atoms with E-state index in [9.17, 15) is 4.79 Å². The molecule has 0 saturated heterocycles.